The van der Waals surface area contributed by atoms with Crippen LogP contribution in [0.15, 0.2) is 12.1 Å². The molecule has 0 amide bonds. The summed E-state index contributed by atoms with van der Waals surface area (Å²) in [5, 5.41) is 0. The first-order valence-corrected chi connectivity index (χ1v) is 3.93. The Kier molecular flexibility index (Phi) is 1.96. The van der Waals surface area contributed by atoms with Gasteiger partial charge in [0.25, 0.3) is 0 Å². The number of nitrogen functional groups attached to an aromatic ring is 2. The van der Waals surface area contributed by atoms with Crippen LogP contribution >= 0.6 is 0 Å². The zero-order chi connectivity index (χ0) is 9.35. The van der Waals surface area contributed by atoms with Gasteiger partial charge in [-0.15, -0.1) is 0 Å². The van der Waals surface area contributed by atoms with E-state index in [2.05, 4.69) is 25.8 Å². The molecule has 0 spiro atoms. The maximum Gasteiger partial charge on any atom is 0.126 e. The molecule has 0 bridgehead atoms. The highest BCUT2D eigenvalue weighted by Gasteiger charge is 2.14. The molecule has 1 rings (SSSR count). The van der Waals surface area contributed by atoms with Crippen molar-refractivity contribution in [1.82, 2.24) is 4.98 Å². The van der Waals surface area contributed by atoms with E-state index in [1.54, 1.807) is 0 Å². The molecular formula is C9H15N3. The van der Waals surface area contributed by atoms with Crippen molar-refractivity contribution in [3.05, 3.63) is 17.7 Å². The molecule has 0 saturated heterocycles. The second-order valence-electron chi connectivity index (χ2n) is 3.96. The Bertz CT molecular complexity index is 266. The van der Waals surface area contributed by atoms with E-state index in [4.69, 9.17) is 11.5 Å². The van der Waals surface area contributed by atoms with Crippen LogP contribution in [0.2, 0.25) is 0 Å². The molecule has 4 N–H and O–H groups in total. The molecule has 1 heterocycles. The Hall–Kier alpha value is -1.25. The molecular weight excluding hydrogens is 150 g/mol. The van der Waals surface area contributed by atoms with Crippen molar-refractivity contribution >= 4 is 11.6 Å². The number of hydrogen-bond donors (Lipinski definition) is 2. The summed E-state index contributed by atoms with van der Waals surface area (Å²) in [6.07, 6.45) is 0. The fourth-order valence-electron chi connectivity index (χ4n) is 1.01. The number of hydrogen-bond acceptors (Lipinski definition) is 3. The SMILES string of the molecule is CC(C)(C)c1cc(N)nc(N)c1. The zero-order valence-electron chi connectivity index (χ0n) is 7.76. The fraction of sp³-hybridized carbons (Fsp3) is 0.444. The van der Waals surface area contributed by atoms with Gasteiger partial charge in [-0.2, -0.15) is 0 Å². The third kappa shape index (κ3) is 1.87. The summed E-state index contributed by atoms with van der Waals surface area (Å²) >= 11 is 0. The maximum absolute atomic E-state index is 5.56. The third-order valence-electron chi connectivity index (χ3n) is 1.73. The standard InChI is InChI=1S/C9H15N3/c1-9(2,3)6-4-7(10)12-8(11)5-6/h4-5H,1-3H3,(H4,10,11,12). The van der Waals surface area contributed by atoms with Gasteiger partial charge in [-0.1, -0.05) is 20.8 Å². The second kappa shape index (κ2) is 2.66. The van der Waals surface area contributed by atoms with E-state index in [1.807, 2.05) is 12.1 Å². The van der Waals surface area contributed by atoms with Crippen LogP contribution in [0.25, 0.3) is 0 Å². The Labute approximate surface area is 72.8 Å². The number of nitrogens with two attached hydrogens (primary N) is 2. The normalized spacial score (nSPS) is 11.6. The van der Waals surface area contributed by atoms with Gasteiger partial charge in [-0.3, -0.25) is 0 Å². The Morgan fingerprint density at radius 2 is 1.50 bits per heavy atom. The van der Waals surface area contributed by atoms with Crippen molar-refractivity contribution in [2.75, 3.05) is 11.5 Å². The lowest BCUT2D eigenvalue weighted by atomic mass is 9.87. The maximum atomic E-state index is 5.56. The monoisotopic (exact) mass is 165 g/mol. The summed E-state index contributed by atoms with van der Waals surface area (Å²) in [5.41, 5.74) is 12.3. The average Bonchev–Trinajstić information content (AvgIpc) is 1.82. The second-order valence-corrected chi connectivity index (χ2v) is 3.96. The van der Waals surface area contributed by atoms with Gasteiger partial charge in [0.15, 0.2) is 0 Å². The highest BCUT2D eigenvalue weighted by molar-refractivity contribution is 5.45. The molecule has 0 aliphatic heterocycles. The summed E-state index contributed by atoms with van der Waals surface area (Å²) in [7, 11) is 0. The van der Waals surface area contributed by atoms with Crippen LogP contribution in [-0.2, 0) is 5.41 Å². The van der Waals surface area contributed by atoms with Gasteiger partial charge in [0.2, 0.25) is 0 Å². The van der Waals surface area contributed by atoms with Crippen LogP contribution in [0.4, 0.5) is 11.6 Å². The van der Waals surface area contributed by atoms with Crippen LogP contribution in [0.5, 0.6) is 0 Å². The molecule has 66 valence electrons. The van der Waals surface area contributed by atoms with Crippen molar-refractivity contribution in [2.45, 2.75) is 26.2 Å². The predicted octanol–water partition coefficient (Wildman–Crippen LogP) is 1.54. The van der Waals surface area contributed by atoms with E-state index in [0.717, 1.165) is 5.56 Å². The largest absolute Gasteiger partial charge is 0.384 e. The highest BCUT2D eigenvalue weighted by atomic mass is 14.9. The highest BCUT2D eigenvalue weighted by Crippen LogP contribution is 2.24. The average molecular weight is 165 g/mol. The van der Waals surface area contributed by atoms with Crippen LogP contribution in [0.3, 0.4) is 0 Å². The Balaban J connectivity index is 3.18. The lowest BCUT2D eigenvalue weighted by Crippen LogP contribution is -2.12. The van der Waals surface area contributed by atoms with Crippen LogP contribution in [-0.4, -0.2) is 4.98 Å². The molecule has 0 saturated carbocycles. The first-order valence-electron chi connectivity index (χ1n) is 3.93. The van der Waals surface area contributed by atoms with Gasteiger partial charge in [0.1, 0.15) is 11.6 Å². The molecule has 0 aliphatic rings. The first-order chi connectivity index (χ1) is 5.39. The summed E-state index contributed by atoms with van der Waals surface area (Å²) in [4.78, 5) is 3.90. The van der Waals surface area contributed by atoms with E-state index in [9.17, 15) is 0 Å². The minimum absolute atomic E-state index is 0.0746. The van der Waals surface area contributed by atoms with Crippen LogP contribution in [0.1, 0.15) is 26.3 Å². The van der Waals surface area contributed by atoms with Gasteiger partial charge in [0.05, 0.1) is 0 Å². The Morgan fingerprint density at radius 1 is 1.08 bits per heavy atom. The summed E-state index contributed by atoms with van der Waals surface area (Å²) in [6, 6.07) is 3.72. The van der Waals surface area contributed by atoms with Crippen molar-refractivity contribution < 1.29 is 0 Å². The van der Waals surface area contributed by atoms with E-state index < -0.39 is 0 Å². The van der Waals surface area contributed by atoms with Gasteiger partial charge in [-0.05, 0) is 23.1 Å². The van der Waals surface area contributed by atoms with Crippen LogP contribution in [0, 0.1) is 0 Å². The van der Waals surface area contributed by atoms with Gasteiger partial charge < -0.3 is 11.5 Å². The number of nitrogens with zero attached hydrogens (tertiary/aromatic N) is 1. The quantitative estimate of drug-likeness (QED) is 0.613. The molecule has 12 heavy (non-hydrogen) atoms. The van der Waals surface area contributed by atoms with Gasteiger partial charge >= 0.3 is 0 Å². The smallest absolute Gasteiger partial charge is 0.126 e. The molecule has 0 aliphatic carbocycles. The fourth-order valence-corrected chi connectivity index (χ4v) is 1.01. The lowest BCUT2D eigenvalue weighted by molar-refractivity contribution is 0.590. The lowest BCUT2D eigenvalue weighted by Gasteiger charge is -2.19. The topological polar surface area (TPSA) is 64.9 Å². The van der Waals surface area contributed by atoms with E-state index in [0.29, 0.717) is 11.6 Å². The molecule has 1 aromatic rings. The molecule has 0 radical (unpaired) electrons. The number of rotatable bonds is 0. The van der Waals surface area contributed by atoms with Crippen molar-refractivity contribution in [3.63, 3.8) is 0 Å². The minimum atomic E-state index is 0.0746. The van der Waals surface area contributed by atoms with E-state index in [-0.39, 0.29) is 5.41 Å². The number of pyridine rings is 1. The summed E-state index contributed by atoms with van der Waals surface area (Å²) < 4.78 is 0. The van der Waals surface area contributed by atoms with Crippen molar-refractivity contribution in [3.8, 4) is 0 Å². The number of aromatic nitrogens is 1. The molecule has 1 aromatic heterocycles. The predicted molar refractivity (Wildman–Crippen MR) is 51.8 cm³/mol. The van der Waals surface area contributed by atoms with Crippen molar-refractivity contribution in [2.24, 2.45) is 0 Å². The third-order valence-corrected chi connectivity index (χ3v) is 1.73. The molecule has 0 aromatic carbocycles. The molecule has 3 heteroatoms. The number of anilines is 2. The summed E-state index contributed by atoms with van der Waals surface area (Å²) in [5.74, 6) is 0.972. The van der Waals surface area contributed by atoms with Gasteiger partial charge in [-0.25, -0.2) is 4.98 Å². The first kappa shape index (κ1) is 8.84. The Morgan fingerprint density at radius 3 is 1.83 bits per heavy atom. The van der Waals surface area contributed by atoms with Gasteiger partial charge in [0, 0.05) is 0 Å². The van der Waals surface area contributed by atoms with Crippen LogP contribution < -0.4 is 11.5 Å². The summed E-state index contributed by atoms with van der Waals surface area (Å²) in [6.45, 7) is 6.34. The zero-order valence-corrected chi connectivity index (χ0v) is 7.76. The molecule has 0 unspecified atom stereocenters. The van der Waals surface area contributed by atoms with E-state index >= 15 is 0 Å². The minimum Gasteiger partial charge on any atom is -0.384 e. The molecule has 3 nitrogen and oxygen atoms in total. The van der Waals surface area contributed by atoms with E-state index in [1.165, 1.54) is 0 Å². The van der Waals surface area contributed by atoms with Crippen molar-refractivity contribution in [1.29, 1.82) is 0 Å². The molecule has 0 atom stereocenters. The molecule has 0 fully saturated rings.